The zero-order chi connectivity index (χ0) is 43.1. The molecule has 4 aliphatic rings. The summed E-state index contributed by atoms with van der Waals surface area (Å²) in [6.45, 7) is 10.1. The summed E-state index contributed by atoms with van der Waals surface area (Å²) < 4.78 is 73.5. The number of ether oxygens (including phenoxy) is 3. The summed E-state index contributed by atoms with van der Waals surface area (Å²) in [7, 11) is -2.71. The predicted molar refractivity (Wildman–Crippen MR) is 213 cm³/mol. The van der Waals surface area contributed by atoms with Crippen molar-refractivity contribution in [3.63, 3.8) is 0 Å². The van der Waals surface area contributed by atoms with Crippen LogP contribution in [-0.2, 0) is 35.6 Å². The number of aromatic nitrogens is 2. The van der Waals surface area contributed by atoms with Gasteiger partial charge >= 0.3 is 6.09 Å². The first-order valence-electron chi connectivity index (χ1n) is 20.7. The van der Waals surface area contributed by atoms with Crippen molar-refractivity contribution < 1.29 is 50.6 Å². The van der Waals surface area contributed by atoms with Crippen LogP contribution >= 0.6 is 0 Å². The second-order valence-corrected chi connectivity index (χ2v) is 20.1. The Labute approximate surface area is 344 Å². The molecule has 18 heteroatoms. The maximum atomic E-state index is 14.9. The molecule has 2 aliphatic heterocycles. The molecule has 326 valence electrons. The summed E-state index contributed by atoms with van der Waals surface area (Å²) >= 11 is 0. The van der Waals surface area contributed by atoms with Gasteiger partial charge in [-0.25, -0.2) is 32.0 Å². The summed E-state index contributed by atoms with van der Waals surface area (Å²) in [6, 6.07) is 2.69. The lowest BCUT2D eigenvalue weighted by Gasteiger charge is -2.36. The number of benzene rings is 1. The maximum absolute atomic E-state index is 14.9. The summed E-state index contributed by atoms with van der Waals surface area (Å²) in [6.07, 6.45) is 0.609. The molecule has 1 aromatic carbocycles. The molecule has 0 unspecified atom stereocenters. The number of carbonyl (C=O) groups is 4. The standard InChI is InChI=1S/C41H58F2N6O9S/c1-8-25-30-22-49(31(25)34(50)47-41(21-26(41)33(42)43)37(52)48-59(54,55)40(6)18-19-40)36(51)32(39(3,4)5)46-38(53)57-23(2)14-12-10-9-11-13-15-28-35(58-30)45-29-20-24(56-7)16-17-27(29)44-28/h16-17,20,23,25-26,30-33H,8-15,18-19,21-22H2,1-7H3,(H,46,53)(H,47,50)(H,48,52)/t23-,25+,26-,30-,31-,32+,41+/m0/s1. The molecule has 0 radical (unpaired) electrons. The number of alkyl carbamates (subject to hydrolysis) is 1. The lowest BCUT2D eigenvalue weighted by atomic mass is 9.85. The highest BCUT2D eigenvalue weighted by Crippen LogP contribution is 2.50. The van der Waals surface area contributed by atoms with E-state index >= 15 is 0 Å². The van der Waals surface area contributed by atoms with Crippen LogP contribution in [0.5, 0.6) is 11.6 Å². The molecule has 7 atom stereocenters. The van der Waals surface area contributed by atoms with Crippen LogP contribution in [0.25, 0.3) is 11.0 Å². The lowest BCUT2D eigenvalue weighted by Crippen LogP contribution is -2.61. The van der Waals surface area contributed by atoms with Gasteiger partial charge in [0.1, 0.15) is 41.3 Å². The van der Waals surface area contributed by atoms with E-state index in [0.717, 1.165) is 32.1 Å². The summed E-state index contributed by atoms with van der Waals surface area (Å²) in [5, 5.41) is 5.24. The number of nitrogens with one attached hydrogen (secondary N) is 3. The number of hydrogen-bond acceptors (Lipinski definition) is 11. The van der Waals surface area contributed by atoms with Crippen molar-refractivity contribution in [1.29, 1.82) is 0 Å². The van der Waals surface area contributed by atoms with Crippen LogP contribution in [0.15, 0.2) is 18.2 Å². The first-order chi connectivity index (χ1) is 27.7. The van der Waals surface area contributed by atoms with Crippen molar-refractivity contribution in [2.75, 3.05) is 13.7 Å². The number of sulfonamides is 1. The van der Waals surface area contributed by atoms with E-state index in [4.69, 9.17) is 24.2 Å². The first kappa shape index (κ1) is 44.2. The first-order valence-corrected chi connectivity index (χ1v) is 22.2. The molecule has 4 amide bonds. The number of rotatable bonds is 8. The van der Waals surface area contributed by atoms with E-state index < -0.39 is 98.5 Å². The molecule has 3 fully saturated rings. The van der Waals surface area contributed by atoms with Gasteiger partial charge in [-0.2, -0.15) is 0 Å². The Hall–Kier alpha value is -4.35. The largest absolute Gasteiger partial charge is 0.497 e. The highest BCUT2D eigenvalue weighted by molar-refractivity contribution is 7.91. The SMILES string of the molecule is CC[C@@H]1[C@@H]2CN(C(=O)[C@H](C(C)(C)C)NC(=O)O[C@@H](C)CCCCCCCc3nc4ccc(OC)cc4nc3O2)[C@@H]1C(=O)N[C@]1(C(=O)NS(=O)(=O)C2(C)CC2)C[C@H]1C(F)F. The minimum atomic E-state index is -4.25. The monoisotopic (exact) mass is 848 g/mol. The van der Waals surface area contributed by atoms with Crippen molar-refractivity contribution in [2.24, 2.45) is 17.3 Å². The predicted octanol–water partition coefficient (Wildman–Crippen LogP) is 5.19. The van der Waals surface area contributed by atoms with Crippen LogP contribution in [0.4, 0.5) is 13.6 Å². The number of cyclic esters (lactones) is 1. The van der Waals surface area contributed by atoms with Crippen LogP contribution in [0.1, 0.15) is 111 Å². The Morgan fingerprint density at radius 1 is 1.07 bits per heavy atom. The quantitative estimate of drug-likeness (QED) is 0.317. The van der Waals surface area contributed by atoms with Crippen molar-refractivity contribution in [1.82, 2.24) is 30.2 Å². The number of aryl methyl sites for hydroxylation is 1. The summed E-state index contributed by atoms with van der Waals surface area (Å²) in [5.74, 6) is -4.56. The highest BCUT2D eigenvalue weighted by atomic mass is 32.2. The molecule has 3 heterocycles. The van der Waals surface area contributed by atoms with E-state index in [2.05, 4.69) is 10.6 Å². The number of methoxy groups -OCH3 is 1. The fourth-order valence-corrected chi connectivity index (χ4v) is 9.54. The molecule has 15 nitrogen and oxygen atoms in total. The van der Waals surface area contributed by atoms with Crippen molar-refractivity contribution in [3.05, 3.63) is 23.9 Å². The highest BCUT2D eigenvalue weighted by Gasteiger charge is 2.67. The number of fused-ring (bicyclic) bond motifs is 4. The second-order valence-electron chi connectivity index (χ2n) is 17.9. The van der Waals surface area contributed by atoms with E-state index in [1.165, 1.54) is 18.9 Å². The summed E-state index contributed by atoms with van der Waals surface area (Å²) in [5.41, 5.74) is -1.47. The number of halogens is 2. The average molecular weight is 849 g/mol. The molecular weight excluding hydrogens is 791 g/mol. The van der Waals surface area contributed by atoms with Gasteiger partial charge in [-0.1, -0.05) is 47.0 Å². The van der Waals surface area contributed by atoms with Crippen molar-refractivity contribution in [3.8, 4) is 11.6 Å². The number of nitrogens with zero attached hydrogens (tertiary/aromatic N) is 3. The van der Waals surface area contributed by atoms with E-state index in [1.807, 2.05) is 4.72 Å². The maximum Gasteiger partial charge on any atom is 0.408 e. The smallest absolute Gasteiger partial charge is 0.408 e. The Morgan fingerprint density at radius 3 is 2.39 bits per heavy atom. The summed E-state index contributed by atoms with van der Waals surface area (Å²) in [4.78, 5) is 67.7. The van der Waals surface area contributed by atoms with E-state index in [9.17, 15) is 36.4 Å². The van der Waals surface area contributed by atoms with E-state index in [0.29, 0.717) is 35.3 Å². The topological polar surface area (TPSA) is 195 Å². The molecule has 2 aliphatic carbocycles. The lowest BCUT2D eigenvalue weighted by molar-refractivity contribution is -0.144. The third-order valence-corrected chi connectivity index (χ3v) is 14.6. The molecule has 1 saturated heterocycles. The zero-order valence-corrected chi connectivity index (χ0v) is 35.8. The van der Waals surface area contributed by atoms with Gasteiger partial charge in [-0.15, -0.1) is 0 Å². The van der Waals surface area contributed by atoms with Gasteiger partial charge < -0.3 is 29.7 Å². The Morgan fingerprint density at radius 2 is 1.76 bits per heavy atom. The molecule has 3 N–H and O–H groups in total. The fraction of sp³-hybridized carbons (Fsp3) is 0.707. The Bertz CT molecular complexity index is 2040. The molecular formula is C41H58F2N6O9S. The molecule has 2 aromatic rings. The number of amides is 4. The van der Waals surface area contributed by atoms with Crippen LogP contribution < -0.4 is 24.8 Å². The Kier molecular flexibility index (Phi) is 12.7. The number of carbonyl (C=O) groups excluding carboxylic acids is 4. The van der Waals surface area contributed by atoms with Gasteiger partial charge in [0.25, 0.3) is 5.91 Å². The zero-order valence-electron chi connectivity index (χ0n) is 34.9. The van der Waals surface area contributed by atoms with Gasteiger partial charge in [0, 0.05) is 12.0 Å². The van der Waals surface area contributed by atoms with Gasteiger partial charge in [0.2, 0.25) is 34.1 Å². The molecule has 0 spiro atoms. The van der Waals surface area contributed by atoms with E-state index in [-0.39, 0.29) is 31.7 Å². The van der Waals surface area contributed by atoms with Crippen molar-refractivity contribution >= 4 is 44.9 Å². The van der Waals surface area contributed by atoms with Crippen LogP contribution in [0, 0.1) is 17.3 Å². The second kappa shape index (κ2) is 17.0. The number of hydrogen-bond donors (Lipinski definition) is 3. The third-order valence-electron chi connectivity index (χ3n) is 12.4. The van der Waals surface area contributed by atoms with Crippen LogP contribution in [0.3, 0.4) is 0 Å². The van der Waals surface area contributed by atoms with Gasteiger partial charge in [-0.05, 0) is 82.8 Å². The van der Waals surface area contributed by atoms with E-state index in [1.54, 1.807) is 52.8 Å². The minimum Gasteiger partial charge on any atom is -0.497 e. The molecule has 2 bridgehead atoms. The number of alkyl halides is 2. The Balaban J connectivity index is 1.41. The van der Waals surface area contributed by atoms with Crippen LogP contribution in [0.2, 0.25) is 0 Å². The van der Waals surface area contributed by atoms with Gasteiger partial charge in [-0.3, -0.25) is 19.1 Å². The van der Waals surface area contributed by atoms with Crippen LogP contribution in [-0.4, -0.2) is 102 Å². The van der Waals surface area contributed by atoms with Gasteiger partial charge in [0.05, 0.1) is 35.4 Å². The normalized spacial score (nSPS) is 29.2. The molecule has 59 heavy (non-hydrogen) atoms. The fourth-order valence-electron chi connectivity index (χ4n) is 8.22. The average Bonchev–Trinajstić information content (AvgIpc) is 4.07. The van der Waals surface area contributed by atoms with Crippen molar-refractivity contribution in [2.45, 2.75) is 153 Å². The molecule has 1 aromatic heterocycles. The molecule has 2 saturated carbocycles. The van der Waals surface area contributed by atoms with Gasteiger partial charge in [0.15, 0.2) is 0 Å². The third kappa shape index (κ3) is 9.36. The molecule has 6 rings (SSSR count). The minimum absolute atomic E-state index is 0.184.